The Labute approximate surface area is 62.3 Å². The van der Waals surface area contributed by atoms with Crippen LogP contribution in [0.2, 0.25) is 0 Å². The van der Waals surface area contributed by atoms with Gasteiger partial charge in [-0.1, -0.05) is 0 Å². The number of rotatable bonds is 1. The Hall–Kier alpha value is -0.660. The lowest BCUT2D eigenvalue weighted by Crippen LogP contribution is -2.11. The summed E-state index contributed by atoms with van der Waals surface area (Å²) in [6, 6.07) is 0. The van der Waals surface area contributed by atoms with Gasteiger partial charge in [-0.05, 0) is 19.8 Å². The van der Waals surface area contributed by atoms with E-state index in [1.54, 1.807) is 0 Å². The van der Waals surface area contributed by atoms with Crippen molar-refractivity contribution in [2.45, 2.75) is 26.2 Å². The van der Waals surface area contributed by atoms with E-state index < -0.39 is 0 Å². The van der Waals surface area contributed by atoms with Gasteiger partial charge >= 0.3 is 0 Å². The molecule has 2 heteroatoms. The molecule has 0 amide bonds. The molecule has 2 nitrogen and oxygen atoms in total. The summed E-state index contributed by atoms with van der Waals surface area (Å²) in [6.07, 6.45) is 3.58. The molecule has 0 atom stereocenters. The van der Waals surface area contributed by atoms with Gasteiger partial charge in [-0.15, -0.1) is 0 Å². The summed E-state index contributed by atoms with van der Waals surface area (Å²) in [5.74, 6) is 1.15. The van der Waals surface area contributed by atoms with Crippen LogP contribution in [0.4, 0.5) is 0 Å². The quantitative estimate of drug-likeness (QED) is 0.599. The van der Waals surface area contributed by atoms with Crippen molar-refractivity contribution in [3.63, 3.8) is 0 Å². The molecule has 0 aromatic heterocycles. The minimum Gasteiger partial charge on any atom is -0.496 e. The molecule has 0 unspecified atom stereocenters. The fourth-order valence-corrected chi connectivity index (χ4v) is 1.09. The van der Waals surface area contributed by atoms with E-state index in [0.29, 0.717) is 0 Å². The molecule has 1 heterocycles. The lowest BCUT2D eigenvalue weighted by Gasteiger charge is -2.18. The van der Waals surface area contributed by atoms with Gasteiger partial charge in [-0.3, -0.25) is 0 Å². The summed E-state index contributed by atoms with van der Waals surface area (Å²) in [5.41, 5.74) is 1.18. The maximum Gasteiger partial charge on any atom is 0.114 e. The van der Waals surface area contributed by atoms with Gasteiger partial charge in [-0.2, -0.15) is 0 Å². The molecule has 0 saturated carbocycles. The second-order valence-electron chi connectivity index (χ2n) is 2.60. The third-order valence-corrected chi connectivity index (χ3v) is 1.87. The predicted octanol–water partition coefficient (Wildman–Crippen LogP) is 1.64. The van der Waals surface area contributed by atoms with Gasteiger partial charge in [0.25, 0.3) is 0 Å². The van der Waals surface area contributed by atoms with Crippen molar-refractivity contribution in [3.8, 4) is 0 Å². The van der Waals surface area contributed by atoms with Crippen molar-refractivity contribution >= 4 is 0 Å². The van der Waals surface area contributed by atoms with Gasteiger partial charge in [0.2, 0.25) is 0 Å². The standard InChI is InChI=1S/C8H15NO/c1-7(9-2)8-5-3-4-6-10-8/h9H,3-6H2,1-2H3. The zero-order chi connectivity index (χ0) is 7.40. The zero-order valence-electron chi connectivity index (χ0n) is 6.74. The summed E-state index contributed by atoms with van der Waals surface area (Å²) in [4.78, 5) is 0. The first-order chi connectivity index (χ1) is 4.84. The average molecular weight is 141 g/mol. The van der Waals surface area contributed by atoms with Gasteiger partial charge in [0.15, 0.2) is 0 Å². The first kappa shape index (κ1) is 7.45. The Balaban J connectivity index is 2.51. The summed E-state index contributed by atoms with van der Waals surface area (Å²) < 4.78 is 5.45. The largest absolute Gasteiger partial charge is 0.496 e. The first-order valence-corrected chi connectivity index (χ1v) is 3.85. The number of hydrogen-bond acceptors (Lipinski definition) is 2. The molecule has 1 aliphatic heterocycles. The Morgan fingerprint density at radius 3 is 2.80 bits per heavy atom. The minimum absolute atomic E-state index is 0.897. The van der Waals surface area contributed by atoms with Crippen LogP contribution in [0.5, 0.6) is 0 Å². The van der Waals surface area contributed by atoms with E-state index in [9.17, 15) is 0 Å². The number of hydrogen-bond donors (Lipinski definition) is 1. The SMILES string of the molecule is CNC(C)=C1CCCCO1. The molecule has 0 radical (unpaired) electrons. The Morgan fingerprint density at radius 1 is 1.50 bits per heavy atom. The Morgan fingerprint density at radius 2 is 2.30 bits per heavy atom. The molecule has 1 fully saturated rings. The Kier molecular flexibility index (Phi) is 2.60. The van der Waals surface area contributed by atoms with E-state index in [0.717, 1.165) is 18.8 Å². The van der Waals surface area contributed by atoms with Crippen molar-refractivity contribution < 1.29 is 4.74 Å². The van der Waals surface area contributed by atoms with Gasteiger partial charge in [0, 0.05) is 19.2 Å². The molecule has 10 heavy (non-hydrogen) atoms. The number of allylic oxidation sites excluding steroid dienone is 2. The van der Waals surface area contributed by atoms with Crippen molar-refractivity contribution in [3.05, 3.63) is 11.5 Å². The smallest absolute Gasteiger partial charge is 0.114 e. The molecule has 1 saturated heterocycles. The van der Waals surface area contributed by atoms with Crippen molar-refractivity contribution in [1.29, 1.82) is 0 Å². The van der Waals surface area contributed by atoms with E-state index in [1.807, 2.05) is 7.05 Å². The van der Waals surface area contributed by atoms with Crippen LogP contribution in [0.15, 0.2) is 11.5 Å². The third-order valence-electron chi connectivity index (χ3n) is 1.87. The van der Waals surface area contributed by atoms with E-state index >= 15 is 0 Å². The highest BCUT2D eigenvalue weighted by Gasteiger charge is 2.07. The fraction of sp³-hybridized carbons (Fsp3) is 0.750. The topological polar surface area (TPSA) is 21.3 Å². The summed E-state index contributed by atoms with van der Waals surface area (Å²) in [7, 11) is 1.93. The average Bonchev–Trinajstić information content (AvgIpc) is 2.05. The second-order valence-corrected chi connectivity index (χ2v) is 2.60. The van der Waals surface area contributed by atoms with Crippen LogP contribution in [-0.4, -0.2) is 13.7 Å². The summed E-state index contributed by atoms with van der Waals surface area (Å²) in [5, 5.41) is 3.09. The first-order valence-electron chi connectivity index (χ1n) is 3.85. The summed E-state index contributed by atoms with van der Waals surface area (Å²) >= 11 is 0. The van der Waals surface area contributed by atoms with Crippen molar-refractivity contribution in [1.82, 2.24) is 5.32 Å². The number of nitrogens with one attached hydrogen (secondary N) is 1. The molecule has 0 spiro atoms. The van der Waals surface area contributed by atoms with Gasteiger partial charge in [-0.25, -0.2) is 0 Å². The summed E-state index contributed by atoms with van der Waals surface area (Å²) in [6.45, 7) is 2.95. The highest BCUT2D eigenvalue weighted by Crippen LogP contribution is 2.17. The van der Waals surface area contributed by atoms with E-state index in [4.69, 9.17) is 4.74 Å². The Bertz CT molecular complexity index is 132. The van der Waals surface area contributed by atoms with Crippen LogP contribution in [0.3, 0.4) is 0 Å². The van der Waals surface area contributed by atoms with Crippen LogP contribution in [0, 0.1) is 0 Å². The predicted molar refractivity (Wildman–Crippen MR) is 41.6 cm³/mol. The van der Waals surface area contributed by atoms with Gasteiger partial charge in [0.1, 0.15) is 5.76 Å². The van der Waals surface area contributed by atoms with Crippen LogP contribution in [-0.2, 0) is 4.74 Å². The van der Waals surface area contributed by atoms with Crippen LogP contribution in [0.1, 0.15) is 26.2 Å². The van der Waals surface area contributed by atoms with Crippen LogP contribution in [0.25, 0.3) is 0 Å². The monoisotopic (exact) mass is 141 g/mol. The maximum absolute atomic E-state index is 5.45. The van der Waals surface area contributed by atoms with Crippen LogP contribution >= 0.6 is 0 Å². The molecule has 1 rings (SSSR count). The minimum atomic E-state index is 0.897. The van der Waals surface area contributed by atoms with Gasteiger partial charge < -0.3 is 10.1 Å². The zero-order valence-corrected chi connectivity index (χ0v) is 6.74. The molecule has 0 aromatic carbocycles. The van der Waals surface area contributed by atoms with E-state index in [1.165, 1.54) is 18.5 Å². The van der Waals surface area contributed by atoms with Crippen molar-refractivity contribution in [2.24, 2.45) is 0 Å². The normalized spacial score (nSPS) is 23.4. The third kappa shape index (κ3) is 1.66. The number of ether oxygens (including phenoxy) is 1. The van der Waals surface area contributed by atoms with Crippen LogP contribution < -0.4 is 5.32 Å². The van der Waals surface area contributed by atoms with Gasteiger partial charge in [0.05, 0.1) is 6.61 Å². The molecular formula is C8H15NO. The molecule has 1 N–H and O–H groups in total. The molecule has 0 bridgehead atoms. The van der Waals surface area contributed by atoms with E-state index in [2.05, 4.69) is 12.2 Å². The van der Waals surface area contributed by atoms with E-state index in [-0.39, 0.29) is 0 Å². The lowest BCUT2D eigenvalue weighted by molar-refractivity contribution is 0.161. The highest BCUT2D eigenvalue weighted by atomic mass is 16.5. The molecule has 1 aliphatic rings. The van der Waals surface area contributed by atoms with Crippen molar-refractivity contribution in [2.75, 3.05) is 13.7 Å². The molecular weight excluding hydrogens is 126 g/mol. The lowest BCUT2D eigenvalue weighted by atomic mass is 10.1. The maximum atomic E-state index is 5.45. The fourth-order valence-electron chi connectivity index (χ4n) is 1.09. The second kappa shape index (κ2) is 3.49. The molecule has 58 valence electrons. The molecule has 0 aliphatic carbocycles. The highest BCUT2D eigenvalue weighted by molar-refractivity contribution is 5.04. The molecule has 0 aromatic rings.